The van der Waals surface area contributed by atoms with Crippen LogP contribution in [-0.2, 0) is 6.54 Å². The normalized spacial score (nSPS) is 11.1. The summed E-state index contributed by atoms with van der Waals surface area (Å²) >= 11 is 1.24. The molecule has 3 aromatic heterocycles. The zero-order chi connectivity index (χ0) is 19.7. The predicted molar refractivity (Wildman–Crippen MR) is 108 cm³/mol. The van der Waals surface area contributed by atoms with Gasteiger partial charge in [-0.2, -0.15) is 10.2 Å². The van der Waals surface area contributed by atoms with Crippen molar-refractivity contribution < 1.29 is 9.90 Å². The van der Waals surface area contributed by atoms with Crippen LogP contribution in [0.5, 0.6) is 0 Å². The number of carbonyl (C=O) groups excluding carboxylic acids is 1. The van der Waals surface area contributed by atoms with E-state index in [4.69, 9.17) is 5.11 Å². The van der Waals surface area contributed by atoms with Crippen molar-refractivity contribution in [2.45, 2.75) is 20.4 Å². The van der Waals surface area contributed by atoms with Crippen LogP contribution >= 0.6 is 11.3 Å². The first kappa shape index (κ1) is 18.1. The van der Waals surface area contributed by atoms with E-state index in [9.17, 15) is 4.79 Å². The number of rotatable bonds is 6. The lowest BCUT2D eigenvalue weighted by Crippen LogP contribution is -2.11. The average Bonchev–Trinajstić information content (AvgIpc) is 3.39. The summed E-state index contributed by atoms with van der Waals surface area (Å²) in [6, 6.07) is 5.72. The number of fused-ring (bicyclic) bond motifs is 1. The molecule has 0 aliphatic rings. The summed E-state index contributed by atoms with van der Waals surface area (Å²) in [4.78, 5) is 17.4. The molecule has 28 heavy (non-hydrogen) atoms. The molecule has 0 fully saturated rings. The number of hydrogen-bond acceptors (Lipinski definition) is 7. The van der Waals surface area contributed by atoms with Crippen LogP contribution in [-0.4, -0.2) is 42.6 Å². The minimum atomic E-state index is -0.232. The van der Waals surface area contributed by atoms with Gasteiger partial charge in [0.25, 0.3) is 5.91 Å². The first-order valence-electron chi connectivity index (χ1n) is 8.67. The molecule has 0 aliphatic heterocycles. The number of aryl methyl sites for hydroxylation is 2. The maximum atomic E-state index is 12.7. The number of aromatic amines is 1. The number of aliphatic hydroxyl groups excluding tert-OH is 1. The molecular weight excluding hydrogens is 378 g/mol. The number of nitrogens with zero attached hydrogens (tertiary/aromatic N) is 4. The number of aliphatic hydroxyl groups is 1. The molecule has 10 heteroatoms. The Hall–Kier alpha value is -3.24. The monoisotopic (exact) mass is 397 g/mol. The minimum Gasteiger partial charge on any atom is -0.394 e. The van der Waals surface area contributed by atoms with Gasteiger partial charge in [-0.15, -0.1) is 0 Å². The fourth-order valence-electron chi connectivity index (χ4n) is 2.91. The third-order valence-corrected chi connectivity index (χ3v) is 5.24. The van der Waals surface area contributed by atoms with Gasteiger partial charge in [0.2, 0.25) is 0 Å². The molecule has 1 amide bonds. The average molecular weight is 397 g/mol. The van der Waals surface area contributed by atoms with Gasteiger partial charge in [-0.3, -0.25) is 14.6 Å². The van der Waals surface area contributed by atoms with Gasteiger partial charge < -0.3 is 15.7 Å². The summed E-state index contributed by atoms with van der Waals surface area (Å²) < 4.78 is 1.71. The lowest BCUT2D eigenvalue weighted by atomic mass is 10.1. The molecule has 4 N–H and O–H groups in total. The third-order valence-electron chi connectivity index (χ3n) is 4.33. The largest absolute Gasteiger partial charge is 0.394 e. The van der Waals surface area contributed by atoms with Crippen molar-refractivity contribution >= 4 is 44.8 Å². The van der Waals surface area contributed by atoms with Crippen LogP contribution in [0.2, 0.25) is 0 Å². The van der Waals surface area contributed by atoms with E-state index in [2.05, 4.69) is 30.9 Å². The van der Waals surface area contributed by atoms with Gasteiger partial charge in [0, 0.05) is 17.1 Å². The summed E-state index contributed by atoms with van der Waals surface area (Å²) in [5.74, 6) is 0.385. The van der Waals surface area contributed by atoms with Crippen molar-refractivity contribution in [2.24, 2.45) is 0 Å². The van der Waals surface area contributed by atoms with Crippen LogP contribution in [0.3, 0.4) is 0 Å². The van der Waals surface area contributed by atoms with Crippen molar-refractivity contribution in [3.63, 3.8) is 0 Å². The zero-order valence-corrected chi connectivity index (χ0v) is 16.2. The van der Waals surface area contributed by atoms with Gasteiger partial charge in [-0.05, 0) is 25.5 Å². The number of benzene rings is 1. The Morgan fingerprint density at radius 1 is 1.32 bits per heavy atom. The summed E-state index contributed by atoms with van der Waals surface area (Å²) in [5.41, 5.74) is 3.48. The van der Waals surface area contributed by atoms with E-state index in [1.807, 2.05) is 32.0 Å². The van der Waals surface area contributed by atoms with Crippen LogP contribution < -0.4 is 10.6 Å². The number of hydrogen-bond donors (Lipinski definition) is 4. The third kappa shape index (κ3) is 3.47. The molecule has 4 aromatic rings. The number of carbonyl (C=O) groups is 1. The van der Waals surface area contributed by atoms with Gasteiger partial charge in [0.1, 0.15) is 4.88 Å². The van der Waals surface area contributed by atoms with E-state index in [-0.39, 0.29) is 12.5 Å². The Bertz CT molecular complexity index is 1140. The van der Waals surface area contributed by atoms with Crippen molar-refractivity contribution in [1.82, 2.24) is 25.0 Å². The highest BCUT2D eigenvalue weighted by molar-refractivity contribution is 7.17. The molecular formula is C18H19N7O2S. The highest BCUT2D eigenvalue weighted by atomic mass is 32.1. The van der Waals surface area contributed by atoms with Gasteiger partial charge >= 0.3 is 0 Å². The minimum absolute atomic E-state index is 0.0202. The Labute approximate surface area is 164 Å². The SMILES string of the molecule is Cc1ccc2[nH]ncc2c1NC(=O)c1cnc(Nc2cc(C)n(CCO)n2)s1. The molecule has 0 saturated carbocycles. The van der Waals surface area contributed by atoms with Crippen molar-refractivity contribution in [3.8, 4) is 0 Å². The Morgan fingerprint density at radius 2 is 2.18 bits per heavy atom. The summed E-state index contributed by atoms with van der Waals surface area (Å²) in [6.07, 6.45) is 3.23. The van der Waals surface area contributed by atoms with Crippen LogP contribution in [0.4, 0.5) is 16.6 Å². The fourth-order valence-corrected chi connectivity index (χ4v) is 3.62. The fraction of sp³-hybridized carbons (Fsp3) is 0.222. The maximum absolute atomic E-state index is 12.7. The highest BCUT2D eigenvalue weighted by Crippen LogP contribution is 2.28. The van der Waals surface area contributed by atoms with Crippen molar-refractivity contribution in [2.75, 3.05) is 17.2 Å². The molecule has 1 aromatic carbocycles. The number of H-pyrrole nitrogens is 1. The molecule has 4 rings (SSSR count). The molecule has 9 nitrogen and oxygen atoms in total. The quantitative estimate of drug-likeness (QED) is 0.397. The van der Waals surface area contributed by atoms with Crippen LogP contribution in [0, 0.1) is 13.8 Å². The first-order valence-corrected chi connectivity index (χ1v) is 9.49. The standard InChI is InChI=1S/C18H19N7O2S/c1-10-3-4-13-12(8-20-23-13)16(10)22-17(27)14-9-19-18(28-14)21-15-7-11(2)25(24-15)5-6-26/h3-4,7-9,26H,5-6H2,1-2H3,(H,20,23)(H,22,27)(H,19,21,24). The number of aromatic nitrogens is 5. The Morgan fingerprint density at radius 3 is 3.00 bits per heavy atom. The van der Waals surface area contributed by atoms with E-state index < -0.39 is 0 Å². The second kappa shape index (κ2) is 7.41. The van der Waals surface area contributed by atoms with Crippen LogP contribution in [0.15, 0.2) is 30.6 Å². The summed E-state index contributed by atoms with van der Waals surface area (Å²) in [7, 11) is 0. The predicted octanol–water partition coefficient (Wildman–Crippen LogP) is 2.82. The number of thiazole rings is 1. The van der Waals surface area contributed by atoms with Gasteiger partial charge in [0.15, 0.2) is 10.9 Å². The second-order valence-corrected chi connectivity index (χ2v) is 7.35. The molecule has 0 saturated heterocycles. The number of amides is 1. The molecule has 0 atom stereocenters. The highest BCUT2D eigenvalue weighted by Gasteiger charge is 2.15. The van der Waals surface area contributed by atoms with Gasteiger partial charge in [0.05, 0.1) is 36.7 Å². The smallest absolute Gasteiger partial charge is 0.267 e. The van der Waals surface area contributed by atoms with Crippen LogP contribution in [0.25, 0.3) is 10.9 Å². The van der Waals surface area contributed by atoms with E-state index in [1.54, 1.807) is 10.9 Å². The molecule has 0 aliphatic carbocycles. The summed E-state index contributed by atoms with van der Waals surface area (Å²) in [5, 5.41) is 27.8. The Balaban J connectivity index is 1.51. The van der Waals surface area contributed by atoms with Crippen molar-refractivity contribution in [1.29, 1.82) is 0 Å². The van der Waals surface area contributed by atoms with Crippen LogP contribution in [0.1, 0.15) is 20.9 Å². The van der Waals surface area contributed by atoms with E-state index in [0.29, 0.717) is 22.4 Å². The lowest BCUT2D eigenvalue weighted by molar-refractivity contribution is 0.103. The summed E-state index contributed by atoms with van der Waals surface area (Å²) in [6.45, 7) is 4.30. The molecule has 0 bridgehead atoms. The molecule has 0 unspecified atom stereocenters. The van der Waals surface area contributed by atoms with Gasteiger partial charge in [-0.25, -0.2) is 4.98 Å². The molecule has 0 radical (unpaired) electrons. The second-order valence-electron chi connectivity index (χ2n) is 6.32. The number of anilines is 3. The first-order chi connectivity index (χ1) is 13.5. The van der Waals surface area contributed by atoms with E-state index >= 15 is 0 Å². The lowest BCUT2D eigenvalue weighted by Gasteiger charge is -2.08. The zero-order valence-electron chi connectivity index (χ0n) is 15.4. The van der Waals surface area contributed by atoms with E-state index in [0.717, 1.165) is 27.8 Å². The molecule has 144 valence electrons. The number of nitrogens with one attached hydrogen (secondary N) is 3. The van der Waals surface area contributed by atoms with E-state index in [1.165, 1.54) is 17.5 Å². The molecule has 3 heterocycles. The van der Waals surface area contributed by atoms with Gasteiger partial charge in [-0.1, -0.05) is 17.4 Å². The Kier molecular flexibility index (Phi) is 4.80. The topological polar surface area (TPSA) is 121 Å². The van der Waals surface area contributed by atoms with Crippen molar-refractivity contribution in [3.05, 3.63) is 46.7 Å². The maximum Gasteiger partial charge on any atom is 0.267 e. The molecule has 0 spiro atoms.